The molecular weight excluding hydrogens is 336 g/mol. The van der Waals surface area contributed by atoms with Gasteiger partial charge in [-0.1, -0.05) is 12.1 Å². The highest BCUT2D eigenvalue weighted by Crippen LogP contribution is 2.27. The van der Waals surface area contributed by atoms with Crippen LogP contribution in [0.25, 0.3) is 0 Å². The average molecular weight is 358 g/mol. The molecule has 0 spiro atoms. The molecule has 2 atom stereocenters. The van der Waals surface area contributed by atoms with Gasteiger partial charge in [-0.2, -0.15) is 0 Å². The summed E-state index contributed by atoms with van der Waals surface area (Å²) in [4.78, 5) is 16.5. The van der Waals surface area contributed by atoms with Crippen molar-refractivity contribution in [2.24, 2.45) is 0 Å². The minimum absolute atomic E-state index is 0.156. The van der Waals surface area contributed by atoms with Crippen molar-refractivity contribution in [2.75, 3.05) is 32.1 Å². The number of hydrogen-bond donors (Lipinski definition) is 1. The van der Waals surface area contributed by atoms with Crippen molar-refractivity contribution in [3.05, 3.63) is 57.8 Å². The summed E-state index contributed by atoms with van der Waals surface area (Å²) in [5.41, 5.74) is 2.72. The largest absolute Gasteiger partial charge is 0.483 e. The number of aryl methyl sites for hydroxylation is 1. The molecule has 0 saturated carbocycles. The van der Waals surface area contributed by atoms with Crippen molar-refractivity contribution in [1.82, 2.24) is 10.3 Å². The van der Waals surface area contributed by atoms with E-state index < -0.39 is 4.92 Å². The smallest absolute Gasteiger partial charge is 0.406 e. The summed E-state index contributed by atoms with van der Waals surface area (Å²) in [6.45, 7) is 2.52. The van der Waals surface area contributed by atoms with Crippen molar-refractivity contribution in [2.45, 2.75) is 19.3 Å². The third-order valence-corrected chi connectivity index (χ3v) is 4.15. The van der Waals surface area contributed by atoms with E-state index in [1.54, 1.807) is 19.1 Å². The Balaban J connectivity index is 1.59. The third-order valence-electron chi connectivity index (χ3n) is 4.15. The highest BCUT2D eigenvalue weighted by Gasteiger charge is 2.27. The number of hydrogen-bond acceptors (Lipinski definition) is 7. The second-order valence-corrected chi connectivity index (χ2v) is 6.37. The average Bonchev–Trinajstić information content (AvgIpc) is 3.09. The predicted molar refractivity (Wildman–Crippen MR) is 97.5 cm³/mol. The molecule has 8 heteroatoms. The molecule has 1 aliphatic rings. The molecule has 2 heterocycles. The summed E-state index contributed by atoms with van der Waals surface area (Å²) in [5, 5.41) is 14.4. The van der Waals surface area contributed by atoms with Gasteiger partial charge in [0.05, 0.1) is 0 Å². The quantitative estimate of drug-likeness (QED) is 0.626. The molecule has 0 bridgehead atoms. The van der Waals surface area contributed by atoms with E-state index in [2.05, 4.69) is 10.3 Å². The Kier molecular flexibility index (Phi) is 5.34. The number of benzene rings is 1. The minimum atomic E-state index is -0.537. The van der Waals surface area contributed by atoms with E-state index in [-0.39, 0.29) is 30.5 Å². The molecule has 8 nitrogen and oxygen atoms in total. The fourth-order valence-corrected chi connectivity index (χ4v) is 2.73. The fourth-order valence-electron chi connectivity index (χ4n) is 2.73. The van der Waals surface area contributed by atoms with E-state index in [0.29, 0.717) is 12.2 Å². The van der Waals surface area contributed by atoms with Crippen molar-refractivity contribution in [3.63, 3.8) is 0 Å². The Morgan fingerprint density at radius 2 is 2.04 bits per heavy atom. The summed E-state index contributed by atoms with van der Waals surface area (Å²) in [6, 6.07) is 11.4. The van der Waals surface area contributed by atoms with E-state index in [1.165, 1.54) is 0 Å². The zero-order valence-corrected chi connectivity index (χ0v) is 15.0. The molecule has 1 N–H and O–H groups in total. The topological polar surface area (TPSA) is 89.8 Å². The minimum Gasteiger partial charge on any atom is -0.483 e. The molecule has 3 rings (SSSR count). The van der Waals surface area contributed by atoms with Crippen molar-refractivity contribution in [1.29, 1.82) is 0 Å². The standard InChI is InChI=1S/C18H22N4O4/c1-12-4-9-16(17(20-12)22(23)24)25-11-15-10-19-18(26-15)13-5-7-14(8-6-13)21(2)3/h4-9,15,18-19H,10-11H2,1-3H3/t15-,18+/m0/s1. The van der Waals surface area contributed by atoms with E-state index in [1.807, 2.05) is 43.3 Å². The van der Waals surface area contributed by atoms with E-state index in [9.17, 15) is 10.1 Å². The highest BCUT2D eigenvalue weighted by atomic mass is 16.6. The van der Waals surface area contributed by atoms with Crippen molar-refractivity contribution >= 4 is 11.5 Å². The number of nitrogens with zero attached hydrogens (tertiary/aromatic N) is 3. The first-order chi connectivity index (χ1) is 12.4. The van der Waals surface area contributed by atoms with Gasteiger partial charge in [-0.25, -0.2) is 0 Å². The maximum absolute atomic E-state index is 11.1. The normalized spacial score (nSPS) is 19.3. The van der Waals surface area contributed by atoms with Gasteiger partial charge in [0.25, 0.3) is 0 Å². The molecule has 0 amide bonds. The molecule has 1 saturated heterocycles. The number of nitrogens with one attached hydrogen (secondary N) is 1. The Labute approximate surface area is 151 Å². The van der Waals surface area contributed by atoms with Crippen LogP contribution in [0.5, 0.6) is 5.75 Å². The summed E-state index contributed by atoms with van der Waals surface area (Å²) in [5.74, 6) is -0.116. The summed E-state index contributed by atoms with van der Waals surface area (Å²) in [7, 11) is 3.98. The second-order valence-electron chi connectivity index (χ2n) is 6.37. The second kappa shape index (κ2) is 7.67. The van der Waals surface area contributed by atoms with Crippen LogP contribution < -0.4 is 15.0 Å². The van der Waals surface area contributed by atoms with E-state index >= 15 is 0 Å². The molecule has 1 fully saturated rings. The highest BCUT2D eigenvalue weighted by molar-refractivity contribution is 5.46. The van der Waals surface area contributed by atoms with Crippen molar-refractivity contribution < 1.29 is 14.4 Å². The molecule has 1 aliphatic heterocycles. The summed E-state index contributed by atoms with van der Waals surface area (Å²) >= 11 is 0. The fraction of sp³-hybridized carbons (Fsp3) is 0.389. The first-order valence-corrected chi connectivity index (χ1v) is 8.35. The van der Waals surface area contributed by atoms with Crippen LogP contribution in [0.15, 0.2) is 36.4 Å². The maximum Gasteiger partial charge on any atom is 0.406 e. The molecule has 138 valence electrons. The Hall–Kier alpha value is -2.71. The van der Waals surface area contributed by atoms with Gasteiger partial charge in [-0.3, -0.25) is 5.32 Å². The lowest BCUT2D eigenvalue weighted by Crippen LogP contribution is -2.22. The molecule has 0 radical (unpaired) electrons. The van der Waals surface area contributed by atoms with Gasteiger partial charge in [0.2, 0.25) is 5.75 Å². The number of pyridine rings is 1. The Bertz CT molecular complexity index is 779. The monoisotopic (exact) mass is 358 g/mol. The van der Waals surface area contributed by atoms with Gasteiger partial charge in [0, 0.05) is 33.3 Å². The molecule has 2 aromatic rings. The van der Waals surface area contributed by atoms with Crippen LogP contribution in [0.2, 0.25) is 0 Å². The SMILES string of the molecule is Cc1ccc(OC[C@@H]2CN[C@@H](c3ccc(N(C)C)cc3)O2)c([N+](=O)[O-])n1. The maximum atomic E-state index is 11.1. The molecule has 0 aliphatic carbocycles. The number of anilines is 1. The van der Waals surface area contributed by atoms with Crippen LogP contribution in [-0.4, -0.2) is 43.3 Å². The Morgan fingerprint density at radius 1 is 1.31 bits per heavy atom. The van der Waals surface area contributed by atoms with Gasteiger partial charge < -0.3 is 24.5 Å². The van der Waals surface area contributed by atoms with Gasteiger partial charge in [-0.15, -0.1) is 0 Å². The zero-order chi connectivity index (χ0) is 18.7. The van der Waals surface area contributed by atoms with Crippen LogP contribution in [0.4, 0.5) is 11.5 Å². The third kappa shape index (κ3) is 4.09. The lowest BCUT2D eigenvalue weighted by atomic mass is 10.2. The van der Waals surface area contributed by atoms with Gasteiger partial charge >= 0.3 is 5.82 Å². The van der Waals surface area contributed by atoms with Crippen LogP contribution in [0.1, 0.15) is 17.5 Å². The van der Waals surface area contributed by atoms with Crippen LogP contribution in [0, 0.1) is 17.0 Å². The molecule has 1 aromatic heterocycles. The Morgan fingerprint density at radius 3 is 2.69 bits per heavy atom. The van der Waals surface area contributed by atoms with Crippen LogP contribution in [0.3, 0.4) is 0 Å². The van der Waals surface area contributed by atoms with Gasteiger partial charge in [0.1, 0.15) is 24.6 Å². The van der Waals surface area contributed by atoms with Gasteiger partial charge in [0.15, 0.2) is 0 Å². The molecule has 1 aromatic carbocycles. The number of nitro groups is 1. The summed E-state index contributed by atoms with van der Waals surface area (Å²) < 4.78 is 11.5. The molecule has 26 heavy (non-hydrogen) atoms. The van der Waals surface area contributed by atoms with Crippen molar-refractivity contribution in [3.8, 4) is 5.75 Å². The number of rotatable bonds is 6. The predicted octanol–water partition coefficient (Wildman–Crippen LogP) is 2.43. The summed E-state index contributed by atoms with van der Waals surface area (Å²) in [6.07, 6.45) is -0.416. The van der Waals surface area contributed by atoms with Gasteiger partial charge in [-0.05, 0) is 39.7 Å². The van der Waals surface area contributed by atoms with E-state index in [0.717, 1.165) is 11.3 Å². The molecule has 0 unspecified atom stereocenters. The lowest BCUT2D eigenvalue weighted by molar-refractivity contribution is -0.390. The molecular formula is C18H22N4O4. The van der Waals surface area contributed by atoms with E-state index in [4.69, 9.17) is 9.47 Å². The number of aromatic nitrogens is 1. The first kappa shape index (κ1) is 18.1. The van der Waals surface area contributed by atoms with Crippen LogP contribution >= 0.6 is 0 Å². The first-order valence-electron chi connectivity index (χ1n) is 8.35. The number of ether oxygens (including phenoxy) is 2. The zero-order valence-electron chi connectivity index (χ0n) is 15.0. The van der Waals surface area contributed by atoms with Crippen LogP contribution in [-0.2, 0) is 4.74 Å². The lowest BCUT2D eigenvalue weighted by Gasteiger charge is -2.16.